The van der Waals surface area contributed by atoms with Crippen molar-refractivity contribution in [1.82, 2.24) is 25.1 Å². The van der Waals surface area contributed by atoms with Gasteiger partial charge in [-0.1, -0.05) is 6.07 Å². The van der Waals surface area contributed by atoms with Crippen molar-refractivity contribution >= 4 is 16.9 Å². The van der Waals surface area contributed by atoms with Crippen molar-refractivity contribution in [3.8, 4) is 0 Å². The molecule has 0 spiro atoms. The Hall–Kier alpha value is -2.76. The molecular formula is C19H21N5O. The molecule has 25 heavy (non-hydrogen) atoms. The minimum absolute atomic E-state index is 0.0682. The van der Waals surface area contributed by atoms with Gasteiger partial charge < -0.3 is 5.32 Å². The first-order valence-electron chi connectivity index (χ1n) is 8.66. The number of hydrogen-bond donors (Lipinski definition) is 1. The third-order valence-corrected chi connectivity index (χ3v) is 4.62. The first kappa shape index (κ1) is 15.7. The van der Waals surface area contributed by atoms with Gasteiger partial charge in [0.15, 0.2) is 5.65 Å². The molecule has 1 fully saturated rings. The lowest BCUT2D eigenvalue weighted by Crippen LogP contribution is -2.26. The fourth-order valence-electron chi connectivity index (χ4n) is 3.18. The number of amides is 1. The van der Waals surface area contributed by atoms with Gasteiger partial charge in [-0.25, -0.2) is 4.98 Å². The number of aryl methyl sites for hydroxylation is 2. The number of hydrogen-bond acceptors (Lipinski definition) is 4. The van der Waals surface area contributed by atoms with E-state index in [0.29, 0.717) is 24.4 Å². The number of aromatic nitrogens is 4. The molecule has 0 radical (unpaired) electrons. The fraction of sp³-hybridized carbons (Fsp3) is 0.368. The van der Waals surface area contributed by atoms with Crippen molar-refractivity contribution in [3.05, 3.63) is 53.1 Å². The van der Waals surface area contributed by atoms with Gasteiger partial charge in [0.2, 0.25) is 0 Å². The fourth-order valence-corrected chi connectivity index (χ4v) is 3.18. The van der Waals surface area contributed by atoms with Gasteiger partial charge in [0, 0.05) is 43.5 Å². The Morgan fingerprint density at radius 1 is 1.36 bits per heavy atom. The van der Waals surface area contributed by atoms with Gasteiger partial charge in [0.25, 0.3) is 5.91 Å². The summed E-state index contributed by atoms with van der Waals surface area (Å²) in [6, 6.07) is 7.76. The third-order valence-electron chi connectivity index (χ3n) is 4.62. The zero-order chi connectivity index (χ0) is 17.4. The largest absolute Gasteiger partial charge is 0.352 e. The van der Waals surface area contributed by atoms with Crippen molar-refractivity contribution < 1.29 is 4.79 Å². The summed E-state index contributed by atoms with van der Waals surface area (Å²) in [7, 11) is 1.88. The Labute approximate surface area is 146 Å². The second-order valence-corrected chi connectivity index (χ2v) is 6.60. The van der Waals surface area contributed by atoms with Gasteiger partial charge in [0.1, 0.15) is 0 Å². The molecule has 3 aromatic rings. The van der Waals surface area contributed by atoms with Gasteiger partial charge in [-0.15, -0.1) is 0 Å². The van der Waals surface area contributed by atoms with Crippen LogP contribution in [-0.2, 0) is 13.5 Å². The van der Waals surface area contributed by atoms with Crippen molar-refractivity contribution in [3.63, 3.8) is 0 Å². The van der Waals surface area contributed by atoms with E-state index in [1.807, 2.05) is 38.2 Å². The highest BCUT2D eigenvalue weighted by Gasteiger charge is 2.28. The summed E-state index contributed by atoms with van der Waals surface area (Å²) in [6.45, 7) is 2.48. The smallest absolute Gasteiger partial charge is 0.252 e. The van der Waals surface area contributed by atoms with Crippen molar-refractivity contribution in [2.75, 3.05) is 6.54 Å². The number of fused-ring (bicyclic) bond motifs is 1. The van der Waals surface area contributed by atoms with Crippen LogP contribution in [0.15, 0.2) is 30.5 Å². The van der Waals surface area contributed by atoms with E-state index in [4.69, 9.17) is 4.98 Å². The van der Waals surface area contributed by atoms with Crippen molar-refractivity contribution in [2.45, 2.75) is 32.1 Å². The Morgan fingerprint density at radius 3 is 2.92 bits per heavy atom. The van der Waals surface area contributed by atoms with E-state index in [2.05, 4.69) is 15.4 Å². The molecule has 0 saturated heterocycles. The second-order valence-electron chi connectivity index (χ2n) is 6.60. The summed E-state index contributed by atoms with van der Waals surface area (Å²) in [4.78, 5) is 21.8. The minimum atomic E-state index is -0.0682. The molecule has 0 unspecified atom stereocenters. The van der Waals surface area contributed by atoms with Crippen LogP contribution in [0.2, 0.25) is 0 Å². The van der Waals surface area contributed by atoms with E-state index in [1.54, 1.807) is 10.9 Å². The van der Waals surface area contributed by atoms with Crippen LogP contribution < -0.4 is 5.32 Å². The molecule has 1 aliphatic carbocycles. The summed E-state index contributed by atoms with van der Waals surface area (Å²) < 4.78 is 1.77. The quantitative estimate of drug-likeness (QED) is 0.777. The van der Waals surface area contributed by atoms with Crippen molar-refractivity contribution in [1.29, 1.82) is 0 Å². The highest BCUT2D eigenvalue weighted by atomic mass is 16.1. The highest BCUT2D eigenvalue weighted by Crippen LogP contribution is 2.40. The van der Waals surface area contributed by atoms with Crippen LogP contribution in [0.4, 0.5) is 0 Å². The van der Waals surface area contributed by atoms with E-state index in [-0.39, 0.29) is 5.91 Å². The molecule has 4 rings (SSSR count). The van der Waals surface area contributed by atoms with Crippen LogP contribution >= 0.6 is 0 Å². The van der Waals surface area contributed by atoms with Crippen LogP contribution in [0.5, 0.6) is 0 Å². The van der Waals surface area contributed by atoms with Gasteiger partial charge in [-0.2, -0.15) is 5.10 Å². The molecular weight excluding hydrogens is 314 g/mol. The predicted molar refractivity (Wildman–Crippen MR) is 95.5 cm³/mol. The maximum atomic E-state index is 12.8. The van der Waals surface area contributed by atoms with Gasteiger partial charge >= 0.3 is 0 Å². The standard InChI is InChI=1S/C19H21N5O/c1-12-17-15(19(25)21-10-8-14-5-3-4-9-20-14)11-16(13-6-7-13)22-18(17)24(2)23-12/h3-5,9,11,13H,6-8,10H2,1-2H3,(H,21,25). The molecule has 0 atom stereocenters. The molecule has 1 aliphatic rings. The van der Waals surface area contributed by atoms with Crippen LogP contribution in [0.3, 0.4) is 0 Å². The predicted octanol–water partition coefficient (Wildman–Crippen LogP) is 2.52. The third kappa shape index (κ3) is 3.12. The molecule has 1 N–H and O–H groups in total. The normalized spacial score (nSPS) is 14.0. The summed E-state index contributed by atoms with van der Waals surface area (Å²) in [5.74, 6) is 0.418. The number of nitrogens with zero attached hydrogens (tertiary/aromatic N) is 4. The molecule has 128 valence electrons. The monoisotopic (exact) mass is 335 g/mol. The van der Waals surface area contributed by atoms with Gasteiger partial charge in [0.05, 0.1) is 16.6 Å². The lowest BCUT2D eigenvalue weighted by Gasteiger charge is -2.09. The topological polar surface area (TPSA) is 72.7 Å². The first-order valence-corrected chi connectivity index (χ1v) is 8.66. The highest BCUT2D eigenvalue weighted by molar-refractivity contribution is 6.06. The number of rotatable bonds is 5. The zero-order valence-corrected chi connectivity index (χ0v) is 14.5. The second kappa shape index (κ2) is 6.27. The first-order chi connectivity index (χ1) is 12.1. The number of nitrogens with one attached hydrogen (secondary N) is 1. The zero-order valence-electron chi connectivity index (χ0n) is 14.5. The molecule has 0 aromatic carbocycles. The maximum Gasteiger partial charge on any atom is 0.252 e. The molecule has 1 amide bonds. The lowest BCUT2D eigenvalue weighted by molar-refractivity contribution is 0.0955. The summed E-state index contributed by atoms with van der Waals surface area (Å²) in [6.07, 6.45) is 4.78. The van der Waals surface area contributed by atoms with Crippen LogP contribution in [0.25, 0.3) is 11.0 Å². The van der Waals surface area contributed by atoms with E-state index in [9.17, 15) is 4.79 Å². The Balaban J connectivity index is 1.59. The molecule has 0 bridgehead atoms. The Kier molecular flexibility index (Phi) is 3.95. The number of carbonyl (C=O) groups is 1. The minimum Gasteiger partial charge on any atom is -0.352 e. The SMILES string of the molecule is Cc1nn(C)c2nc(C3CC3)cc(C(=O)NCCc3ccccn3)c12. The van der Waals surface area contributed by atoms with E-state index in [0.717, 1.165) is 41.0 Å². The van der Waals surface area contributed by atoms with Crippen molar-refractivity contribution in [2.24, 2.45) is 7.05 Å². The van der Waals surface area contributed by atoms with Crippen LogP contribution in [-0.4, -0.2) is 32.2 Å². The van der Waals surface area contributed by atoms with Crippen LogP contribution in [0.1, 0.15) is 46.2 Å². The Morgan fingerprint density at radius 2 is 2.20 bits per heavy atom. The summed E-state index contributed by atoms with van der Waals surface area (Å²) in [5.41, 5.74) is 4.28. The molecule has 1 saturated carbocycles. The van der Waals surface area contributed by atoms with Gasteiger partial charge in [-0.3, -0.25) is 14.5 Å². The summed E-state index contributed by atoms with van der Waals surface area (Å²) in [5, 5.41) is 8.31. The van der Waals surface area contributed by atoms with Crippen LogP contribution in [0, 0.1) is 6.92 Å². The molecule has 6 heteroatoms. The Bertz CT molecular complexity index is 928. The molecule has 3 heterocycles. The van der Waals surface area contributed by atoms with E-state index >= 15 is 0 Å². The number of carbonyl (C=O) groups excluding carboxylic acids is 1. The lowest BCUT2D eigenvalue weighted by atomic mass is 10.1. The van der Waals surface area contributed by atoms with E-state index < -0.39 is 0 Å². The summed E-state index contributed by atoms with van der Waals surface area (Å²) >= 11 is 0. The van der Waals surface area contributed by atoms with Gasteiger partial charge in [-0.05, 0) is 38.0 Å². The molecule has 3 aromatic heterocycles. The number of pyridine rings is 2. The maximum absolute atomic E-state index is 12.8. The average molecular weight is 335 g/mol. The molecule has 6 nitrogen and oxygen atoms in total. The van der Waals surface area contributed by atoms with E-state index in [1.165, 1.54) is 0 Å². The average Bonchev–Trinajstić information content (AvgIpc) is 3.42. The molecule has 0 aliphatic heterocycles.